The highest BCUT2D eigenvalue weighted by Crippen LogP contribution is 2.35. The van der Waals surface area contributed by atoms with Gasteiger partial charge in [-0.15, -0.1) is 0 Å². The highest BCUT2D eigenvalue weighted by atomic mass is 16.5. The normalized spacial score (nSPS) is 19.9. The minimum absolute atomic E-state index is 0.0766. The minimum atomic E-state index is 0.0766. The van der Waals surface area contributed by atoms with Gasteiger partial charge < -0.3 is 4.52 Å². The zero-order chi connectivity index (χ0) is 17.2. The van der Waals surface area contributed by atoms with Gasteiger partial charge in [0.25, 0.3) is 5.56 Å². The molecule has 2 aliphatic rings. The van der Waals surface area contributed by atoms with Gasteiger partial charge >= 0.3 is 0 Å². The highest BCUT2D eigenvalue weighted by molar-refractivity contribution is 5.01. The van der Waals surface area contributed by atoms with Crippen molar-refractivity contribution >= 4 is 0 Å². The Bertz CT molecular complexity index is 772. The Morgan fingerprint density at radius 1 is 1.24 bits per heavy atom. The molecule has 0 bridgehead atoms. The number of likely N-dealkylation sites (tertiary alicyclic amines) is 1. The van der Waals surface area contributed by atoms with Gasteiger partial charge in [0.15, 0.2) is 5.82 Å². The summed E-state index contributed by atoms with van der Waals surface area (Å²) in [6.45, 7) is 5.35. The predicted octanol–water partition coefficient (Wildman–Crippen LogP) is 2.11. The van der Waals surface area contributed by atoms with Crippen molar-refractivity contribution in [3.8, 4) is 0 Å². The van der Waals surface area contributed by atoms with Crippen LogP contribution in [-0.4, -0.2) is 37.7 Å². The lowest BCUT2D eigenvalue weighted by atomic mass is 9.85. The van der Waals surface area contributed by atoms with Crippen LogP contribution in [0, 0.1) is 12.8 Å². The zero-order valence-electron chi connectivity index (χ0n) is 14.7. The molecule has 0 unspecified atom stereocenters. The summed E-state index contributed by atoms with van der Waals surface area (Å²) in [5.74, 6) is 2.64. The Kier molecular flexibility index (Phi) is 4.65. The largest absolute Gasteiger partial charge is 0.339 e. The molecule has 1 aliphatic heterocycles. The van der Waals surface area contributed by atoms with Crippen LogP contribution in [0.5, 0.6) is 0 Å². The second-order valence-corrected chi connectivity index (χ2v) is 7.43. The Labute approximate surface area is 147 Å². The van der Waals surface area contributed by atoms with Crippen LogP contribution < -0.4 is 5.56 Å². The fourth-order valence-corrected chi connectivity index (χ4v) is 3.65. The third-order valence-electron chi connectivity index (χ3n) is 5.54. The van der Waals surface area contributed by atoms with Crippen LogP contribution in [0.25, 0.3) is 0 Å². The van der Waals surface area contributed by atoms with E-state index < -0.39 is 0 Å². The van der Waals surface area contributed by atoms with Gasteiger partial charge in [-0.3, -0.25) is 14.3 Å². The topological polar surface area (TPSA) is 77.1 Å². The molecule has 1 saturated heterocycles. The van der Waals surface area contributed by atoms with Crippen LogP contribution in [0.4, 0.5) is 0 Å². The molecule has 134 valence electrons. The molecule has 3 heterocycles. The molecular weight excluding hydrogens is 318 g/mol. The Morgan fingerprint density at radius 2 is 2.04 bits per heavy atom. The maximum Gasteiger partial charge on any atom is 0.256 e. The molecule has 0 aromatic carbocycles. The highest BCUT2D eigenvalue weighted by Gasteiger charge is 2.26. The molecule has 7 nitrogen and oxygen atoms in total. The lowest BCUT2D eigenvalue weighted by Gasteiger charge is -2.31. The van der Waals surface area contributed by atoms with E-state index >= 15 is 0 Å². The first-order chi connectivity index (χ1) is 12.2. The lowest BCUT2D eigenvalue weighted by Crippen LogP contribution is -2.36. The molecule has 1 saturated carbocycles. The number of aromatic nitrogens is 4. The third kappa shape index (κ3) is 3.66. The van der Waals surface area contributed by atoms with Crippen LogP contribution in [-0.2, 0) is 13.1 Å². The van der Waals surface area contributed by atoms with E-state index in [1.807, 2.05) is 6.92 Å². The van der Waals surface area contributed by atoms with Crippen LogP contribution in [0.2, 0.25) is 0 Å². The first kappa shape index (κ1) is 16.4. The summed E-state index contributed by atoms with van der Waals surface area (Å²) in [5.41, 5.74) is 0.784. The maximum atomic E-state index is 12.1. The van der Waals surface area contributed by atoms with Crippen molar-refractivity contribution in [2.45, 2.75) is 58.0 Å². The first-order valence-electron chi connectivity index (χ1n) is 9.25. The van der Waals surface area contributed by atoms with Crippen molar-refractivity contribution in [3.63, 3.8) is 0 Å². The third-order valence-corrected chi connectivity index (χ3v) is 5.54. The molecule has 2 aromatic heterocycles. The van der Waals surface area contributed by atoms with E-state index in [9.17, 15) is 4.79 Å². The van der Waals surface area contributed by atoms with Gasteiger partial charge in [-0.05, 0) is 51.6 Å². The van der Waals surface area contributed by atoms with Gasteiger partial charge in [0.2, 0.25) is 5.89 Å². The van der Waals surface area contributed by atoms with Gasteiger partial charge in [0, 0.05) is 24.2 Å². The minimum Gasteiger partial charge on any atom is -0.339 e. The smallest absolute Gasteiger partial charge is 0.256 e. The molecule has 0 radical (unpaired) electrons. The summed E-state index contributed by atoms with van der Waals surface area (Å²) in [4.78, 5) is 23.2. The number of aryl methyl sites for hydroxylation is 1. The van der Waals surface area contributed by atoms with Crippen molar-refractivity contribution in [2.75, 3.05) is 13.1 Å². The molecule has 1 aliphatic carbocycles. The summed E-state index contributed by atoms with van der Waals surface area (Å²) in [6.07, 6.45) is 9.07. The number of hydrogen-bond acceptors (Lipinski definition) is 6. The van der Waals surface area contributed by atoms with Crippen molar-refractivity contribution in [1.29, 1.82) is 0 Å². The standard InChI is InChI=1S/C18H25N5O2/c1-13-9-19-12-23(18(13)24)10-14-5-7-22(8-6-14)11-16-20-17(25-21-16)15-3-2-4-15/h9,12,14-15H,2-8,10-11H2,1H3. The van der Waals surface area contributed by atoms with Crippen LogP contribution in [0.15, 0.2) is 21.8 Å². The summed E-state index contributed by atoms with van der Waals surface area (Å²) < 4.78 is 7.15. The summed E-state index contributed by atoms with van der Waals surface area (Å²) >= 11 is 0. The maximum absolute atomic E-state index is 12.1. The van der Waals surface area contributed by atoms with E-state index in [1.165, 1.54) is 19.3 Å². The first-order valence-corrected chi connectivity index (χ1v) is 9.25. The fourth-order valence-electron chi connectivity index (χ4n) is 3.65. The monoisotopic (exact) mass is 343 g/mol. The van der Waals surface area contributed by atoms with Gasteiger partial charge in [-0.25, -0.2) is 4.98 Å². The van der Waals surface area contributed by atoms with E-state index in [2.05, 4.69) is 20.0 Å². The zero-order valence-corrected chi connectivity index (χ0v) is 14.7. The summed E-state index contributed by atoms with van der Waals surface area (Å²) in [5, 5.41) is 4.14. The average molecular weight is 343 g/mol. The number of hydrogen-bond donors (Lipinski definition) is 0. The number of rotatable bonds is 5. The summed E-state index contributed by atoms with van der Waals surface area (Å²) in [6, 6.07) is 0. The van der Waals surface area contributed by atoms with Crippen LogP contribution in [0.3, 0.4) is 0 Å². The molecule has 25 heavy (non-hydrogen) atoms. The van der Waals surface area contributed by atoms with E-state index in [0.29, 0.717) is 17.4 Å². The van der Waals surface area contributed by atoms with Crippen LogP contribution in [0.1, 0.15) is 55.3 Å². The van der Waals surface area contributed by atoms with Gasteiger partial charge in [-0.2, -0.15) is 4.98 Å². The van der Waals surface area contributed by atoms with Crippen molar-refractivity contribution in [1.82, 2.24) is 24.6 Å². The molecule has 7 heteroatoms. The van der Waals surface area contributed by atoms with E-state index in [4.69, 9.17) is 4.52 Å². The SMILES string of the molecule is Cc1cncn(CC2CCN(Cc3noc(C4CCC4)n3)CC2)c1=O. The lowest BCUT2D eigenvalue weighted by molar-refractivity contribution is 0.161. The number of piperidine rings is 1. The molecule has 0 spiro atoms. The van der Waals surface area contributed by atoms with E-state index in [-0.39, 0.29) is 5.56 Å². The molecule has 4 rings (SSSR count). The van der Waals surface area contributed by atoms with Gasteiger partial charge in [0.1, 0.15) is 0 Å². The summed E-state index contributed by atoms with van der Waals surface area (Å²) in [7, 11) is 0. The van der Waals surface area contributed by atoms with Gasteiger partial charge in [0.05, 0.1) is 12.9 Å². The molecule has 0 amide bonds. The molecule has 0 atom stereocenters. The van der Waals surface area contributed by atoms with Gasteiger partial charge in [-0.1, -0.05) is 11.6 Å². The van der Waals surface area contributed by atoms with E-state index in [1.54, 1.807) is 17.1 Å². The molecule has 2 aromatic rings. The molecule has 2 fully saturated rings. The van der Waals surface area contributed by atoms with Crippen molar-refractivity contribution < 1.29 is 4.52 Å². The molecule has 0 N–H and O–H groups in total. The fraction of sp³-hybridized carbons (Fsp3) is 0.667. The number of nitrogens with zero attached hydrogens (tertiary/aromatic N) is 5. The van der Waals surface area contributed by atoms with E-state index in [0.717, 1.165) is 50.7 Å². The second-order valence-electron chi connectivity index (χ2n) is 7.43. The second kappa shape index (κ2) is 7.07. The van der Waals surface area contributed by atoms with Crippen molar-refractivity contribution in [2.24, 2.45) is 5.92 Å². The Hall–Kier alpha value is -2.02. The predicted molar refractivity (Wildman–Crippen MR) is 92.1 cm³/mol. The Morgan fingerprint density at radius 3 is 2.76 bits per heavy atom. The average Bonchev–Trinajstić information content (AvgIpc) is 3.00. The quantitative estimate of drug-likeness (QED) is 0.827. The molecular formula is C18H25N5O2. The van der Waals surface area contributed by atoms with Crippen LogP contribution >= 0.6 is 0 Å². The van der Waals surface area contributed by atoms with Crippen molar-refractivity contribution in [3.05, 3.63) is 40.2 Å². The Balaban J connectivity index is 1.28.